The molecule has 0 aliphatic rings. The summed E-state index contributed by atoms with van der Waals surface area (Å²) in [5.74, 6) is 2.49. The Morgan fingerprint density at radius 1 is 1.04 bits per heavy atom. The van der Waals surface area contributed by atoms with Gasteiger partial charge in [-0.05, 0) is 48.7 Å². The Hall–Kier alpha value is -1.98. The molecular weight excluding hydrogens is 366 g/mol. The summed E-state index contributed by atoms with van der Waals surface area (Å²) in [7, 11) is 0. The number of aromatic nitrogens is 3. The van der Waals surface area contributed by atoms with E-state index in [1.54, 1.807) is 11.8 Å². The van der Waals surface area contributed by atoms with E-state index in [4.69, 9.17) is 16.3 Å². The van der Waals surface area contributed by atoms with E-state index < -0.39 is 0 Å². The topological polar surface area (TPSA) is 39.9 Å². The molecule has 3 rings (SSSR count). The van der Waals surface area contributed by atoms with Gasteiger partial charge in [-0.15, -0.1) is 10.2 Å². The Morgan fingerprint density at radius 3 is 2.54 bits per heavy atom. The summed E-state index contributed by atoms with van der Waals surface area (Å²) in [6.45, 7) is 5.44. The molecule has 6 heteroatoms. The predicted octanol–water partition coefficient (Wildman–Crippen LogP) is 5.39. The lowest BCUT2D eigenvalue weighted by Gasteiger charge is -2.09. The molecule has 0 spiro atoms. The lowest BCUT2D eigenvalue weighted by Crippen LogP contribution is -2.07. The fourth-order valence-corrected chi connectivity index (χ4v) is 3.77. The van der Waals surface area contributed by atoms with E-state index in [0.717, 1.165) is 40.5 Å². The van der Waals surface area contributed by atoms with E-state index in [2.05, 4.69) is 46.8 Å². The van der Waals surface area contributed by atoms with Gasteiger partial charge in [0.25, 0.3) is 0 Å². The number of halogens is 1. The van der Waals surface area contributed by atoms with Crippen LogP contribution in [0.5, 0.6) is 5.75 Å². The van der Waals surface area contributed by atoms with Crippen LogP contribution in [0.15, 0.2) is 53.7 Å². The zero-order chi connectivity index (χ0) is 18.4. The normalized spacial score (nSPS) is 10.9. The molecule has 0 radical (unpaired) electrons. The molecule has 0 bridgehead atoms. The molecule has 0 fully saturated rings. The highest BCUT2D eigenvalue weighted by molar-refractivity contribution is 7.98. The summed E-state index contributed by atoms with van der Waals surface area (Å²) in [6, 6.07) is 16.1. The van der Waals surface area contributed by atoms with Gasteiger partial charge in [0.1, 0.15) is 12.4 Å². The number of nitrogens with zero attached hydrogens (tertiary/aromatic N) is 3. The van der Waals surface area contributed by atoms with Crippen molar-refractivity contribution >= 4 is 23.4 Å². The number of benzene rings is 2. The average Bonchev–Trinajstić information content (AvgIpc) is 3.07. The van der Waals surface area contributed by atoms with Gasteiger partial charge in [-0.25, -0.2) is 0 Å². The summed E-state index contributed by atoms with van der Waals surface area (Å²) >= 11 is 7.70. The molecule has 0 unspecified atom stereocenters. The second-order valence-corrected chi connectivity index (χ2v) is 7.23. The van der Waals surface area contributed by atoms with E-state index >= 15 is 0 Å². The van der Waals surface area contributed by atoms with Gasteiger partial charge in [0.15, 0.2) is 11.0 Å². The number of hydrogen-bond donors (Lipinski definition) is 0. The zero-order valence-electron chi connectivity index (χ0n) is 15.0. The van der Waals surface area contributed by atoms with Crippen molar-refractivity contribution in [1.82, 2.24) is 14.8 Å². The van der Waals surface area contributed by atoms with Crippen molar-refractivity contribution < 1.29 is 4.74 Å². The maximum Gasteiger partial charge on any atom is 0.191 e. The molecular formula is C20H22ClN3OS. The molecule has 0 N–H and O–H groups in total. The number of thioether (sulfide) groups is 1. The Kier molecular flexibility index (Phi) is 6.58. The Morgan fingerprint density at radius 2 is 1.85 bits per heavy atom. The van der Waals surface area contributed by atoms with Crippen LogP contribution in [0, 0.1) is 0 Å². The van der Waals surface area contributed by atoms with Gasteiger partial charge in [0, 0.05) is 17.3 Å². The van der Waals surface area contributed by atoms with Crippen LogP contribution in [-0.2, 0) is 25.3 Å². The summed E-state index contributed by atoms with van der Waals surface area (Å²) in [5.41, 5.74) is 2.47. The van der Waals surface area contributed by atoms with E-state index in [1.165, 1.54) is 11.1 Å². The summed E-state index contributed by atoms with van der Waals surface area (Å²) < 4.78 is 7.97. The molecule has 136 valence electrons. The highest BCUT2D eigenvalue weighted by atomic mass is 35.5. The second-order valence-electron chi connectivity index (χ2n) is 5.85. The van der Waals surface area contributed by atoms with Crippen LogP contribution in [0.2, 0.25) is 5.02 Å². The molecule has 0 aliphatic heterocycles. The Balaban J connectivity index is 1.63. The van der Waals surface area contributed by atoms with E-state index in [-0.39, 0.29) is 0 Å². The highest BCUT2D eigenvalue weighted by Crippen LogP contribution is 2.24. The van der Waals surface area contributed by atoms with Crippen molar-refractivity contribution in [2.24, 2.45) is 0 Å². The minimum Gasteiger partial charge on any atom is -0.486 e. The van der Waals surface area contributed by atoms with Crippen molar-refractivity contribution in [2.75, 3.05) is 0 Å². The third kappa shape index (κ3) is 4.80. The van der Waals surface area contributed by atoms with Gasteiger partial charge in [-0.3, -0.25) is 0 Å². The monoisotopic (exact) mass is 387 g/mol. The van der Waals surface area contributed by atoms with Gasteiger partial charge < -0.3 is 9.30 Å². The number of hydrogen-bond acceptors (Lipinski definition) is 4. The average molecular weight is 388 g/mol. The summed E-state index contributed by atoms with van der Waals surface area (Å²) in [6.07, 6.45) is 1.03. The first kappa shape index (κ1) is 18.8. The third-order valence-corrected chi connectivity index (χ3v) is 5.34. The molecule has 0 saturated carbocycles. The molecule has 4 nitrogen and oxygen atoms in total. The quantitative estimate of drug-likeness (QED) is 0.486. The number of rotatable bonds is 8. The minimum atomic E-state index is 0.407. The van der Waals surface area contributed by atoms with Gasteiger partial charge >= 0.3 is 0 Å². The van der Waals surface area contributed by atoms with Gasteiger partial charge in [0.2, 0.25) is 0 Å². The maximum atomic E-state index is 6.05. The van der Waals surface area contributed by atoms with Gasteiger partial charge in [0.05, 0.1) is 0 Å². The highest BCUT2D eigenvalue weighted by Gasteiger charge is 2.12. The standard InChI is InChI=1S/C20H22ClN3OS/c1-3-15-8-10-18(11-9-15)25-13-19-22-23-20(24(19)4-2)26-14-16-6-5-7-17(21)12-16/h5-12H,3-4,13-14H2,1-2H3. The lowest BCUT2D eigenvalue weighted by molar-refractivity contribution is 0.288. The molecule has 0 amide bonds. The lowest BCUT2D eigenvalue weighted by atomic mass is 10.2. The van der Waals surface area contributed by atoms with Gasteiger partial charge in [-0.1, -0.05) is 54.6 Å². The molecule has 0 aliphatic carbocycles. The number of ether oxygens (including phenoxy) is 1. The predicted molar refractivity (Wildman–Crippen MR) is 107 cm³/mol. The van der Waals surface area contributed by atoms with Crippen LogP contribution in [0.4, 0.5) is 0 Å². The molecule has 1 aromatic heterocycles. The first-order valence-corrected chi connectivity index (χ1v) is 10.1. The summed E-state index contributed by atoms with van der Waals surface area (Å²) in [4.78, 5) is 0. The Labute approximate surface area is 163 Å². The fourth-order valence-electron chi connectivity index (χ4n) is 2.59. The van der Waals surface area contributed by atoms with E-state index in [9.17, 15) is 0 Å². The number of aryl methyl sites for hydroxylation is 1. The van der Waals surface area contributed by atoms with E-state index in [0.29, 0.717) is 6.61 Å². The first-order valence-electron chi connectivity index (χ1n) is 8.70. The van der Waals surface area contributed by atoms with Crippen LogP contribution >= 0.6 is 23.4 Å². The van der Waals surface area contributed by atoms with Crippen LogP contribution in [-0.4, -0.2) is 14.8 Å². The first-order chi connectivity index (χ1) is 12.7. The molecule has 3 aromatic rings. The smallest absolute Gasteiger partial charge is 0.191 e. The molecule has 26 heavy (non-hydrogen) atoms. The van der Waals surface area contributed by atoms with E-state index in [1.807, 2.05) is 30.3 Å². The summed E-state index contributed by atoms with van der Waals surface area (Å²) in [5, 5.41) is 10.3. The molecule has 2 aromatic carbocycles. The molecule has 1 heterocycles. The largest absolute Gasteiger partial charge is 0.486 e. The van der Waals surface area contributed by atoms with Crippen molar-refractivity contribution in [2.45, 2.75) is 44.3 Å². The van der Waals surface area contributed by atoms with Crippen LogP contribution in [0.25, 0.3) is 0 Å². The van der Waals surface area contributed by atoms with Gasteiger partial charge in [-0.2, -0.15) is 0 Å². The minimum absolute atomic E-state index is 0.407. The SMILES string of the molecule is CCc1ccc(OCc2nnc(SCc3cccc(Cl)c3)n2CC)cc1. The zero-order valence-corrected chi connectivity index (χ0v) is 16.6. The fraction of sp³-hybridized carbons (Fsp3) is 0.300. The Bertz CT molecular complexity index is 849. The van der Waals surface area contributed by atoms with Crippen molar-refractivity contribution in [1.29, 1.82) is 0 Å². The third-order valence-electron chi connectivity index (χ3n) is 4.07. The van der Waals surface area contributed by atoms with Crippen LogP contribution in [0.1, 0.15) is 30.8 Å². The van der Waals surface area contributed by atoms with Crippen molar-refractivity contribution in [3.05, 3.63) is 70.5 Å². The maximum absolute atomic E-state index is 6.05. The second kappa shape index (κ2) is 9.10. The van der Waals surface area contributed by atoms with Crippen LogP contribution < -0.4 is 4.74 Å². The molecule has 0 saturated heterocycles. The van der Waals surface area contributed by atoms with Crippen LogP contribution in [0.3, 0.4) is 0 Å². The van der Waals surface area contributed by atoms with Crippen molar-refractivity contribution in [3.63, 3.8) is 0 Å². The molecule has 0 atom stereocenters. The van der Waals surface area contributed by atoms with Crippen molar-refractivity contribution in [3.8, 4) is 5.75 Å².